The topological polar surface area (TPSA) is 6.48 Å². The van der Waals surface area contributed by atoms with Crippen molar-refractivity contribution in [1.29, 1.82) is 0 Å². The van der Waals surface area contributed by atoms with E-state index in [9.17, 15) is 0 Å². The fraction of sp³-hybridized carbons (Fsp3) is 1.00. The van der Waals surface area contributed by atoms with Crippen molar-refractivity contribution in [2.45, 2.75) is 45.7 Å². The summed E-state index contributed by atoms with van der Waals surface area (Å²) >= 11 is 0. The van der Waals surface area contributed by atoms with Crippen molar-refractivity contribution in [1.82, 2.24) is 9.80 Å². The van der Waals surface area contributed by atoms with Gasteiger partial charge < -0.3 is 9.80 Å². The molecule has 2 aliphatic carbocycles. The molecule has 2 nitrogen and oxygen atoms in total. The molecule has 94 valence electrons. The van der Waals surface area contributed by atoms with Gasteiger partial charge in [-0.2, -0.15) is 0 Å². The molecule has 0 aliphatic heterocycles. The summed E-state index contributed by atoms with van der Waals surface area (Å²) < 4.78 is 0. The zero-order valence-corrected chi connectivity index (χ0v) is 12.0. The molecule has 0 aromatic heterocycles. The van der Waals surface area contributed by atoms with Crippen molar-refractivity contribution >= 4 is 0 Å². The van der Waals surface area contributed by atoms with Crippen molar-refractivity contribution < 1.29 is 0 Å². The third-order valence-electron chi connectivity index (χ3n) is 5.91. The van der Waals surface area contributed by atoms with Crippen molar-refractivity contribution in [3.8, 4) is 0 Å². The van der Waals surface area contributed by atoms with Crippen LogP contribution >= 0.6 is 0 Å². The Morgan fingerprint density at radius 1 is 0.938 bits per heavy atom. The van der Waals surface area contributed by atoms with E-state index in [2.05, 4.69) is 58.8 Å². The van der Waals surface area contributed by atoms with Gasteiger partial charge in [0.2, 0.25) is 0 Å². The average Bonchev–Trinajstić information content (AvgIpc) is 2.45. The van der Waals surface area contributed by atoms with Crippen LogP contribution in [-0.2, 0) is 0 Å². The van der Waals surface area contributed by atoms with Gasteiger partial charge in [0.1, 0.15) is 0 Å². The van der Waals surface area contributed by atoms with Gasteiger partial charge in [-0.1, -0.05) is 20.8 Å². The van der Waals surface area contributed by atoms with Crippen LogP contribution in [0.2, 0.25) is 0 Å². The summed E-state index contributed by atoms with van der Waals surface area (Å²) in [6, 6.07) is 1.43. The number of hydrogen-bond donors (Lipinski definition) is 0. The maximum atomic E-state index is 2.52. The maximum Gasteiger partial charge on any atom is 0.0307 e. The van der Waals surface area contributed by atoms with Crippen molar-refractivity contribution in [3.63, 3.8) is 0 Å². The molecule has 0 aromatic rings. The van der Waals surface area contributed by atoms with E-state index in [0.29, 0.717) is 16.9 Å². The second-order valence-corrected chi connectivity index (χ2v) is 7.15. The summed E-state index contributed by atoms with van der Waals surface area (Å²) in [5.41, 5.74) is 0.965. The molecule has 0 N–H and O–H groups in total. The first-order valence-electron chi connectivity index (χ1n) is 6.56. The normalized spacial score (nSPS) is 45.9. The van der Waals surface area contributed by atoms with E-state index in [1.165, 1.54) is 12.8 Å². The molecule has 4 atom stereocenters. The zero-order valence-electron chi connectivity index (χ0n) is 12.0. The largest absolute Gasteiger partial charge is 0.305 e. The number of likely N-dealkylation sites (N-methyl/N-ethyl adjacent to an activating group) is 2. The van der Waals surface area contributed by atoms with Crippen molar-refractivity contribution in [2.75, 3.05) is 28.2 Å². The minimum Gasteiger partial charge on any atom is -0.305 e. The van der Waals surface area contributed by atoms with E-state index < -0.39 is 0 Å². The van der Waals surface area contributed by atoms with E-state index in [4.69, 9.17) is 0 Å². The lowest BCUT2D eigenvalue weighted by Gasteiger charge is -2.45. The van der Waals surface area contributed by atoms with Gasteiger partial charge in [-0.3, -0.25) is 0 Å². The first kappa shape index (κ1) is 12.4. The highest BCUT2D eigenvalue weighted by molar-refractivity contribution is 5.19. The lowest BCUT2D eigenvalue weighted by atomic mass is 9.69. The van der Waals surface area contributed by atoms with Gasteiger partial charge in [-0.05, 0) is 57.8 Å². The lowest BCUT2D eigenvalue weighted by Crippen LogP contribution is -2.53. The highest BCUT2D eigenvalue weighted by atomic mass is 15.2. The van der Waals surface area contributed by atoms with E-state index in [0.717, 1.165) is 12.0 Å². The van der Waals surface area contributed by atoms with E-state index >= 15 is 0 Å². The Kier molecular flexibility index (Phi) is 2.67. The molecule has 0 heterocycles. The fourth-order valence-electron chi connectivity index (χ4n) is 4.80. The molecular formula is C14H28N2. The Morgan fingerprint density at radius 3 is 1.88 bits per heavy atom. The van der Waals surface area contributed by atoms with Gasteiger partial charge >= 0.3 is 0 Å². The second-order valence-electron chi connectivity index (χ2n) is 7.15. The minimum absolute atomic E-state index is 0.482. The molecule has 0 radical (unpaired) electrons. The van der Waals surface area contributed by atoms with E-state index in [1.807, 2.05) is 0 Å². The smallest absolute Gasteiger partial charge is 0.0307 e. The Balaban J connectivity index is 2.44. The van der Waals surface area contributed by atoms with E-state index in [1.54, 1.807) is 0 Å². The zero-order chi connectivity index (χ0) is 12.3. The van der Waals surface area contributed by atoms with Gasteiger partial charge in [0.05, 0.1) is 0 Å². The molecule has 2 heteroatoms. The SMILES string of the molecule is CN(C)[C@@H]1[C@H]2CC[C@@](C)([C@H]1N(C)C)C2(C)C. The molecule has 2 saturated carbocycles. The van der Waals surface area contributed by atoms with Crippen LogP contribution in [0.4, 0.5) is 0 Å². The molecule has 0 unspecified atom stereocenters. The first-order valence-corrected chi connectivity index (χ1v) is 6.56. The van der Waals surface area contributed by atoms with Crippen LogP contribution in [0, 0.1) is 16.7 Å². The molecule has 2 fully saturated rings. The van der Waals surface area contributed by atoms with Gasteiger partial charge in [-0.15, -0.1) is 0 Å². The molecular weight excluding hydrogens is 196 g/mol. The van der Waals surface area contributed by atoms with Crippen LogP contribution in [-0.4, -0.2) is 50.1 Å². The molecule has 2 bridgehead atoms. The lowest BCUT2D eigenvalue weighted by molar-refractivity contribution is 0.0443. The summed E-state index contributed by atoms with van der Waals surface area (Å²) in [5.74, 6) is 0.861. The van der Waals surface area contributed by atoms with Crippen LogP contribution in [0.15, 0.2) is 0 Å². The second kappa shape index (κ2) is 3.46. The van der Waals surface area contributed by atoms with Gasteiger partial charge in [-0.25, -0.2) is 0 Å². The maximum absolute atomic E-state index is 2.52. The predicted molar refractivity (Wildman–Crippen MR) is 69.6 cm³/mol. The van der Waals surface area contributed by atoms with Crippen LogP contribution in [0.25, 0.3) is 0 Å². The molecule has 0 saturated heterocycles. The summed E-state index contributed by atoms with van der Waals surface area (Å²) in [7, 11) is 9.01. The molecule has 2 aliphatic rings. The van der Waals surface area contributed by atoms with Gasteiger partial charge in [0, 0.05) is 12.1 Å². The number of fused-ring (bicyclic) bond motifs is 2. The Hall–Kier alpha value is -0.0800. The Labute approximate surface area is 101 Å². The van der Waals surface area contributed by atoms with Crippen LogP contribution in [0.5, 0.6) is 0 Å². The summed E-state index contributed by atoms with van der Waals surface area (Å²) in [5, 5.41) is 0. The number of hydrogen-bond acceptors (Lipinski definition) is 2. The minimum atomic E-state index is 0.482. The Morgan fingerprint density at radius 2 is 1.50 bits per heavy atom. The molecule has 2 rings (SSSR count). The van der Waals surface area contributed by atoms with Crippen LogP contribution in [0.3, 0.4) is 0 Å². The predicted octanol–water partition coefficient (Wildman–Crippen LogP) is 2.30. The number of rotatable bonds is 2. The third-order valence-corrected chi connectivity index (χ3v) is 5.91. The molecule has 0 amide bonds. The summed E-state index contributed by atoms with van der Waals surface area (Å²) in [6.07, 6.45) is 2.81. The summed E-state index contributed by atoms with van der Waals surface area (Å²) in [6.45, 7) is 7.50. The van der Waals surface area contributed by atoms with Gasteiger partial charge in [0.15, 0.2) is 0 Å². The average molecular weight is 224 g/mol. The van der Waals surface area contributed by atoms with Crippen LogP contribution < -0.4 is 0 Å². The standard InChI is InChI=1S/C14H28N2/c1-13(2)10-8-9-14(13,3)12(16(6)7)11(10)15(4)5/h10-12H,8-9H2,1-7H3/t10-,11-,12+,14+/m1/s1. The monoisotopic (exact) mass is 224 g/mol. The quantitative estimate of drug-likeness (QED) is 0.710. The molecule has 16 heavy (non-hydrogen) atoms. The molecule has 0 spiro atoms. The van der Waals surface area contributed by atoms with Crippen LogP contribution in [0.1, 0.15) is 33.6 Å². The Bertz CT molecular complexity index is 282. The van der Waals surface area contributed by atoms with Gasteiger partial charge in [0.25, 0.3) is 0 Å². The molecule has 0 aromatic carbocycles. The summed E-state index contributed by atoms with van der Waals surface area (Å²) in [4.78, 5) is 4.92. The fourth-order valence-corrected chi connectivity index (χ4v) is 4.80. The van der Waals surface area contributed by atoms with Crippen molar-refractivity contribution in [2.24, 2.45) is 16.7 Å². The number of nitrogens with zero attached hydrogens (tertiary/aromatic N) is 2. The van der Waals surface area contributed by atoms with E-state index in [-0.39, 0.29) is 0 Å². The first-order chi connectivity index (χ1) is 7.23. The van der Waals surface area contributed by atoms with Crippen molar-refractivity contribution in [3.05, 3.63) is 0 Å². The highest BCUT2D eigenvalue weighted by Gasteiger charge is 2.66. The third kappa shape index (κ3) is 1.26. The highest BCUT2D eigenvalue weighted by Crippen LogP contribution is 2.67.